The minimum atomic E-state index is -4.52. The monoisotopic (exact) mass is 401 g/mol. The second-order valence-electron chi connectivity index (χ2n) is 6.68. The van der Waals surface area contributed by atoms with Crippen molar-refractivity contribution >= 4 is 11.6 Å². The standard InChI is InChI=1S/C21H18F3N3O2/c1-12-6-4-7-13(2)18(12)25-20(29)19-17(28)10-14(3)27(26-19)16-9-5-8-15(11-16)21(22,23)24/h4-11H,1-3H3,(H,25,29). The van der Waals surface area contributed by atoms with Crippen molar-refractivity contribution in [1.29, 1.82) is 0 Å². The molecule has 1 amide bonds. The third-order valence-electron chi connectivity index (χ3n) is 4.46. The lowest BCUT2D eigenvalue weighted by atomic mass is 10.1. The number of benzene rings is 2. The molecule has 0 fully saturated rings. The zero-order valence-corrected chi connectivity index (χ0v) is 16.0. The molecule has 0 atom stereocenters. The number of hydrogen-bond acceptors (Lipinski definition) is 3. The van der Waals surface area contributed by atoms with Crippen LogP contribution in [0.1, 0.15) is 32.9 Å². The Kier molecular flexibility index (Phi) is 5.28. The Morgan fingerprint density at radius 3 is 2.24 bits per heavy atom. The summed E-state index contributed by atoms with van der Waals surface area (Å²) in [4.78, 5) is 25.0. The predicted molar refractivity (Wildman–Crippen MR) is 103 cm³/mol. The molecule has 0 spiro atoms. The first kappa shape index (κ1) is 20.3. The lowest BCUT2D eigenvalue weighted by molar-refractivity contribution is -0.137. The van der Waals surface area contributed by atoms with Crippen molar-refractivity contribution in [2.45, 2.75) is 26.9 Å². The number of alkyl halides is 3. The highest BCUT2D eigenvalue weighted by Crippen LogP contribution is 2.30. The van der Waals surface area contributed by atoms with Crippen LogP contribution in [0.15, 0.2) is 53.3 Å². The molecule has 5 nitrogen and oxygen atoms in total. The molecule has 0 aliphatic heterocycles. The molecule has 0 aliphatic carbocycles. The van der Waals surface area contributed by atoms with Gasteiger partial charge in [-0.05, 0) is 50.1 Å². The van der Waals surface area contributed by atoms with Gasteiger partial charge in [0.2, 0.25) is 5.43 Å². The SMILES string of the molecule is Cc1cccc(C)c1NC(=O)c1nn(-c2cccc(C(F)(F)F)c2)c(C)cc1=O. The van der Waals surface area contributed by atoms with Gasteiger partial charge in [0, 0.05) is 17.4 Å². The maximum atomic E-state index is 13.0. The summed E-state index contributed by atoms with van der Waals surface area (Å²) in [6.45, 7) is 5.15. The average Bonchev–Trinajstić information content (AvgIpc) is 2.64. The number of amides is 1. The fourth-order valence-corrected chi connectivity index (χ4v) is 2.96. The summed E-state index contributed by atoms with van der Waals surface area (Å²) >= 11 is 0. The highest BCUT2D eigenvalue weighted by atomic mass is 19.4. The van der Waals surface area contributed by atoms with Crippen LogP contribution in [-0.4, -0.2) is 15.7 Å². The third-order valence-corrected chi connectivity index (χ3v) is 4.46. The maximum Gasteiger partial charge on any atom is 0.416 e. The van der Waals surface area contributed by atoms with E-state index in [0.29, 0.717) is 11.4 Å². The van der Waals surface area contributed by atoms with E-state index in [1.807, 2.05) is 32.0 Å². The van der Waals surface area contributed by atoms with Crippen LogP contribution in [-0.2, 0) is 6.18 Å². The molecule has 29 heavy (non-hydrogen) atoms. The van der Waals surface area contributed by atoms with Gasteiger partial charge in [0.15, 0.2) is 5.69 Å². The highest BCUT2D eigenvalue weighted by Gasteiger charge is 2.30. The molecule has 0 saturated heterocycles. The Hall–Kier alpha value is -3.42. The molecule has 1 heterocycles. The molecule has 2 aromatic carbocycles. The molecule has 3 rings (SSSR count). The molecule has 0 radical (unpaired) electrons. The van der Waals surface area contributed by atoms with E-state index in [0.717, 1.165) is 27.9 Å². The van der Waals surface area contributed by atoms with Crippen molar-refractivity contribution in [3.05, 3.63) is 86.8 Å². The van der Waals surface area contributed by atoms with E-state index in [-0.39, 0.29) is 5.69 Å². The van der Waals surface area contributed by atoms with E-state index in [1.165, 1.54) is 25.1 Å². The highest BCUT2D eigenvalue weighted by molar-refractivity contribution is 6.03. The average molecular weight is 401 g/mol. The van der Waals surface area contributed by atoms with Gasteiger partial charge in [0.05, 0.1) is 11.3 Å². The van der Waals surface area contributed by atoms with Gasteiger partial charge in [0.25, 0.3) is 5.91 Å². The molecule has 8 heteroatoms. The quantitative estimate of drug-likeness (QED) is 0.706. The topological polar surface area (TPSA) is 64.0 Å². The zero-order chi connectivity index (χ0) is 21.3. The first-order valence-electron chi connectivity index (χ1n) is 8.74. The van der Waals surface area contributed by atoms with Crippen LogP contribution in [0, 0.1) is 20.8 Å². The van der Waals surface area contributed by atoms with Crippen LogP contribution >= 0.6 is 0 Å². The fraction of sp³-hybridized carbons (Fsp3) is 0.190. The second kappa shape index (κ2) is 7.54. The Labute approximate surface area is 164 Å². The first-order chi connectivity index (χ1) is 13.6. The molecule has 1 aromatic heterocycles. The molecule has 0 saturated carbocycles. The number of carbonyl (C=O) groups excluding carboxylic acids is 1. The Morgan fingerprint density at radius 2 is 1.62 bits per heavy atom. The smallest absolute Gasteiger partial charge is 0.320 e. The van der Waals surface area contributed by atoms with Crippen LogP contribution in [0.25, 0.3) is 5.69 Å². The lowest BCUT2D eigenvalue weighted by Crippen LogP contribution is -2.27. The molecule has 0 bridgehead atoms. The molecule has 1 N–H and O–H groups in total. The summed E-state index contributed by atoms with van der Waals surface area (Å²) in [7, 11) is 0. The third kappa shape index (κ3) is 4.21. The van der Waals surface area contributed by atoms with Crippen molar-refractivity contribution in [1.82, 2.24) is 9.78 Å². The van der Waals surface area contributed by atoms with Crippen molar-refractivity contribution in [2.75, 3.05) is 5.32 Å². The maximum absolute atomic E-state index is 13.0. The molecule has 3 aromatic rings. The molecular formula is C21H18F3N3O2. The number of halogens is 3. The summed E-state index contributed by atoms with van der Waals surface area (Å²) in [6.07, 6.45) is -4.52. The fourth-order valence-electron chi connectivity index (χ4n) is 2.96. The van der Waals surface area contributed by atoms with E-state index < -0.39 is 28.8 Å². The molecule has 0 unspecified atom stereocenters. The summed E-state index contributed by atoms with van der Waals surface area (Å²) in [5.41, 5.74) is 0.704. The van der Waals surface area contributed by atoms with E-state index >= 15 is 0 Å². The normalized spacial score (nSPS) is 11.4. The van der Waals surface area contributed by atoms with Gasteiger partial charge in [-0.2, -0.15) is 18.3 Å². The lowest BCUT2D eigenvalue weighted by Gasteiger charge is -2.14. The number of aromatic nitrogens is 2. The second-order valence-corrected chi connectivity index (χ2v) is 6.68. The van der Waals surface area contributed by atoms with Gasteiger partial charge in [-0.25, -0.2) is 4.68 Å². The number of nitrogens with zero attached hydrogens (tertiary/aromatic N) is 2. The summed E-state index contributed by atoms with van der Waals surface area (Å²) in [5, 5.41) is 6.72. The predicted octanol–water partition coefficient (Wildman–Crippen LogP) is 4.43. The Balaban J connectivity index is 2.05. The first-order valence-corrected chi connectivity index (χ1v) is 8.74. The van der Waals surface area contributed by atoms with Gasteiger partial charge in [0.1, 0.15) is 0 Å². The van der Waals surface area contributed by atoms with Crippen LogP contribution in [0.2, 0.25) is 0 Å². The van der Waals surface area contributed by atoms with Gasteiger partial charge in [-0.15, -0.1) is 0 Å². The van der Waals surface area contributed by atoms with Crippen LogP contribution < -0.4 is 10.7 Å². The largest absolute Gasteiger partial charge is 0.416 e. The van der Waals surface area contributed by atoms with E-state index in [2.05, 4.69) is 10.4 Å². The van der Waals surface area contributed by atoms with Gasteiger partial charge >= 0.3 is 6.18 Å². The van der Waals surface area contributed by atoms with Gasteiger partial charge in [-0.3, -0.25) is 9.59 Å². The number of rotatable bonds is 3. The van der Waals surface area contributed by atoms with E-state index in [1.54, 1.807) is 0 Å². The van der Waals surface area contributed by atoms with Crippen LogP contribution in [0.5, 0.6) is 0 Å². The number of carbonyl (C=O) groups is 1. The zero-order valence-electron chi connectivity index (χ0n) is 16.0. The van der Waals surface area contributed by atoms with Crippen molar-refractivity contribution in [3.8, 4) is 5.69 Å². The summed E-state index contributed by atoms with van der Waals surface area (Å²) in [5.74, 6) is -0.729. The van der Waals surface area contributed by atoms with Crippen molar-refractivity contribution in [2.24, 2.45) is 0 Å². The van der Waals surface area contributed by atoms with Gasteiger partial charge in [-0.1, -0.05) is 24.3 Å². The number of nitrogens with one attached hydrogen (secondary N) is 1. The van der Waals surface area contributed by atoms with E-state index in [4.69, 9.17) is 0 Å². The van der Waals surface area contributed by atoms with Crippen molar-refractivity contribution in [3.63, 3.8) is 0 Å². The Morgan fingerprint density at radius 1 is 1.00 bits per heavy atom. The van der Waals surface area contributed by atoms with Crippen LogP contribution in [0.4, 0.5) is 18.9 Å². The number of aryl methyl sites for hydroxylation is 3. The molecular weight excluding hydrogens is 383 g/mol. The number of para-hydroxylation sites is 1. The van der Waals surface area contributed by atoms with Crippen LogP contribution in [0.3, 0.4) is 0 Å². The summed E-state index contributed by atoms with van der Waals surface area (Å²) < 4.78 is 40.2. The van der Waals surface area contributed by atoms with Gasteiger partial charge < -0.3 is 5.32 Å². The minimum absolute atomic E-state index is 0.0958. The van der Waals surface area contributed by atoms with Crippen molar-refractivity contribution < 1.29 is 18.0 Å². The summed E-state index contributed by atoms with van der Waals surface area (Å²) in [6, 6.07) is 11.2. The number of hydrogen-bond donors (Lipinski definition) is 1. The molecule has 0 aliphatic rings. The minimum Gasteiger partial charge on any atom is -0.320 e. The molecule has 150 valence electrons. The number of anilines is 1. The van der Waals surface area contributed by atoms with E-state index in [9.17, 15) is 22.8 Å². The Bertz CT molecular complexity index is 1130.